The average molecular weight is 254 g/mol. The fourth-order valence-electron chi connectivity index (χ4n) is 1.49. The van der Waals surface area contributed by atoms with Gasteiger partial charge in [0.1, 0.15) is 0 Å². The van der Waals surface area contributed by atoms with E-state index in [1.807, 2.05) is 19.1 Å². The summed E-state index contributed by atoms with van der Waals surface area (Å²) in [6.07, 6.45) is 3.12. The molecule has 2 rings (SSSR count). The number of nitrogen functional groups attached to an aromatic ring is 1. The van der Waals surface area contributed by atoms with Gasteiger partial charge in [0.25, 0.3) is 5.91 Å². The van der Waals surface area contributed by atoms with Crippen LogP contribution in [0.5, 0.6) is 0 Å². The third kappa shape index (κ3) is 3.38. The summed E-state index contributed by atoms with van der Waals surface area (Å²) in [5.41, 5.74) is 10.9. The third-order valence-electron chi connectivity index (χ3n) is 2.60. The highest BCUT2D eigenvalue weighted by Gasteiger charge is 2.03. The van der Waals surface area contributed by atoms with Gasteiger partial charge in [0, 0.05) is 23.6 Å². The van der Waals surface area contributed by atoms with Gasteiger partial charge in [-0.25, -0.2) is 5.43 Å². The number of rotatable bonds is 3. The molecule has 1 aromatic carbocycles. The van der Waals surface area contributed by atoms with E-state index in [-0.39, 0.29) is 5.91 Å². The molecule has 0 saturated carbocycles. The first-order chi connectivity index (χ1) is 9.16. The van der Waals surface area contributed by atoms with Gasteiger partial charge in [-0.1, -0.05) is 12.1 Å². The molecule has 0 unspecified atom stereocenters. The summed E-state index contributed by atoms with van der Waals surface area (Å²) in [6.45, 7) is 1.82. The molecule has 0 atom stereocenters. The van der Waals surface area contributed by atoms with Crippen LogP contribution in [0.3, 0.4) is 0 Å². The highest BCUT2D eigenvalue weighted by atomic mass is 16.2. The zero-order valence-corrected chi connectivity index (χ0v) is 10.5. The van der Waals surface area contributed by atoms with Crippen molar-refractivity contribution in [3.8, 4) is 0 Å². The van der Waals surface area contributed by atoms with E-state index in [9.17, 15) is 4.79 Å². The molecule has 1 heterocycles. The predicted molar refractivity (Wildman–Crippen MR) is 74.8 cm³/mol. The lowest BCUT2D eigenvalue weighted by Gasteiger charge is -2.03. The highest BCUT2D eigenvalue weighted by molar-refractivity contribution is 6.00. The van der Waals surface area contributed by atoms with Gasteiger partial charge in [0.2, 0.25) is 0 Å². The Morgan fingerprint density at radius 1 is 1.11 bits per heavy atom. The molecule has 96 valence electrons. The van der Waals surface area contributed by atoms with Crippen molar-refractivity contribution in [2.75, 3.05) is 5.73 Å². The number of carbonyl (C=O) groups is 1. The van der Waals surface area contributed by atoms with Crippen LogP contribution in [0, 0.1) is 0 Å². The lowest BCUT2D eigenvalue weighted by atomic mass is 10.1. The zero-order chi connectivity index (χ0) is 13.7. The van der Waals surface area contributed by atoms with Crippen LogP contribution >= 0.6 is 0 Å². The Hall–Kier alpha value is -2.69. The number of pyridine rings is 1. The Morgan fingerprint density at radius 3 is 2.37 bits per heavy atom. The number of aromatic nitrogens is 1. The molecule has 2 aromatic rings. The molecule has 19 heavy (non-hydrogen) atoms. The van der Waals surface area contributed by atoms with Crippen LogP contribution in [0.25, 0.3) is 0 Å². The standard InChI is InChI=1S/C14H14N4O/c1-10(11-2-4-13(15)5-3-11)17-18-14(19)12-6-8-16-9-7-12/h2-9H,15H2,1H3,(H,18,19). The molecule has 0 aliphatic carbocycles. The number of nitrogens with one attached hydrogen (secondary N) is 1. The summed E-state index contributed by atoms with van der Waals surface area (Å²) in [5, 5.41) is 4.06. The molecule has 5 heteroatoms. The number of amides is 1. The monoisotopic (exact) mass is 254 g/mol. The summed E-state index contributed by atoms with van der Waals surface area (Å²) in [4.78, 5) is 15.6. The molecule has 3 N–H and O–H groups in total. The molecule has 1 amide bonds. The van der Waals surface area contributed by atoms with Crippen LogP contribution in [0.4, 0.5) is 5.69 Å². The molecule has 0 aliphatic rings. The molecule has 5 nitrogen and oxygen atoms in total. The van der Waals surface area contributed by atoms with E-state index in [0.29, 0.717) is 17.0 Å². The maximum absolute atomic E-state index is 11.8. The quantitative estimate of drug-likeness (QED) is 0.498. The zero-order valence-electron chi connectivity index (χ0n) is 10.5. The summed E-state index contributed by atoms with van der Waals surface area (Å²) < 4.78 is 0. The Bertz CT molecular complexity index is 591. The summed E-state index contributed by atoms with van der Waals surface area (Å²) in [7, 11) is 0. The van der Waals surface area contributed by atoms with Crippen molar-refractivity contribution in [1.82, 2.24) is 10.4 Å². The van der Waals surface area contributed by atoms with Crippen molar-refractivity contribution >= 4 is 17.3 Å². The molecule has 0 radical (unpaired) electrons. The number of hydrogen-bond acceptors (Lipinski definition) is 4. The first-order valence-electron chi connectivity index (χ1n) is 5.77. The van der Waals surface area contributed by atoms with Gasteiger partial charge >= 0.3 is 0 Å². The minimum absolute atomic E-state index is 0.266. The Labute approximate surface area is 111 Å². The normalized spacial score (nSPS) is 11.1. The van der Waals surface area contributed by atoms with Crippen LogP contribution in [-0.2, 0) is 0 Å². The van der Waals surface area contributed by atoms with E-state index >= 15 is 0 Å². The molecule has 0 bridgehead atoms. The van der Waals surface area contributed by atoms with Gasteiger partial charge in [-0.15, -0.1) is 0 Å². The van der Waals surface area contributed by atoms with Gasteiger partial charge in [-0.2, -0.15) is 5.10 Å². The minimum Gasteiger partial charge on any atom is -0.399 e. The van der Waals surface area contributed by atoms with E-state index in [0.717, 1.165) is 5.56 Å². The van der Waals surface area contributed by atoms with Crippen molar-refractivity contribution in [2.24, 2.45) is 5.10 Å². The summed E-state index contributed by atoms with van der Waals surface area (Å²) >= 11 is 0. The smallest absolute Gasteiger partial charge is 0.271 e. The number of anilines is 1. The first kappa shape index (κ1) is 12.8. The first-order valence-corrected chi connectivity index (χ1v) is 5.77. The average Bonchev–Trinajstić information content (AvgIpc) is 2.46. The topological polar surface area (TPSA) is 80.4 Å². The lowest BCUT2D eigenvalue weighted by molar-refractivity contribution is 0.0954. The van der Waals surface area contributed by atoms with Gasteiger partial charge < -0.3 is 5.73 Å². The molecular formula is C14H14N4O. The maximum atomic E-state index is 11.8. The molecule has 0 fully saturated rings. The molecule has 1 aromatic heterocycles. The Balaban J connectivity index is 2.06. The largest absolute Gasteiger partial charge is 0.399 e. The molecule has 0 aliphatic heterocycles. The minimum atomic E-state index is -0.266. The van der Waals surface area contributed by atoms with Gasteiger partial charge in [-0.3, -0.25) is 9.78 Å². The van der Waals surface area contributed by atoms with Crippen LogP contribution in [0.2, 0.25) is 0 Å². The Morgan fingerprint density at radius 2 is 1.74 bits per heavy atom. The van der Waals surface area contributed by atoms with Crippen LogP contribution in [0.1, 0.15) is 22.8 Å². The molecular weight excluding hydrogens is 240 g/mol. The van der Waals surface area contributed by atoms with Crippen molar-refractivity contribution < 1.29 is 4.79 Å². The lowest BCUT2D eigenvalue weighted by Crippen LogP contribution is -2.19. The maximum Gasteiger partial charge on any atom is 0.271 e. The predicted octanol–water partition coefficient (Wildman–Crippen LogP) is 1.82. The van der Waals surface area contributed by atoms with E-state index in [1.54, 1.807) is 36.7 Å². The highest BCUT2D eigenvalue weighted by Crippen LogP contribution is 2.06. The summed E-state index contributed by atoms with van der Waals surface area (Å²) in [6, 6.07) is 10.5. The van der Waals surface area contributed by atoms with Crippen molar-refractivity contribution in [2.45, 2.75) is 6.92 Å². The van der Waals surface area contributed by atoms with Crippen molar-refractivity contribution in [3.05, 3.63) is 59.9 Å². The number of nitrogens with two attached hydrogens (primary N) is 1. The number of benzene rings is 1. The fraction of sp³-hybridized carbons (Fsp3) is 0.0714. The van der Waals surface area contributed by atoms with Gasteiger partial charge in [-0.05, 0) is 36.8 Å². The van der Waals surface area contributed by atoms with Crippen molar-refractivity contribution in [1.29, 1.82) is 0 Å². The van der Waals surface area contributed by atoms with Crippen LogP contribution < -0.4 is 11.2 Å². The Kier molecular flexibility index (Phi) is 3.87. The SMILES string of the molecule is CC(=NNC(=O)c1ccncc1)c1ccc(N)cc1. The molecule has 0 spiro atoms. The summed E-state index contributed by atoms with van der Waals surface area (Å²) in [5.74, 6) is -0.266. The molecule has 0 saturated heterocycles. The van der Waals surface area contributed by atoms with Crippen LogP contribution in [-0.4, -0.2) is 16.6 Å². The second-order valence-electron chi connectivity index (χ2n) is 4.00. The van der Waals surface area contributed by atoms with Gasteiger partial charge in [0.05, 0.1) is 5.71 Å². The van der Waals surface area contributed by atoms with E-state index in [1.165, 1.54) is 0 Å². The third-order valence-corrected chi connectivity index (χ3v) is 2.60. The second kappa shape index (κ2) is 5.77. The number of hydrogen-bond donors (Lipinski definition) is 2. The van der Waals surface area contributed by atoms with Crippen LogP contribution in [0.15, 0.2) is 53.9 Å². The van der Waals surface area contributed by atoms with E-state index in [2.05, 4.69) is 15.5 Å². The van der Waals surface area contributed by atoms with E-state index in [4.69, 9.17) is 5.73 Å². The second-order valence-corrected chi connectivity index (χ2v) is 4.00. The van der Waals surface area contributed by atoms with Crippen molar-refractivity contribution in [3.63, 3.8) is 0 Å². The number of nitrogens with zero attached hydrogens (tertiary/aromatic N) is 2. The van der Waals surface area contributed by atoms with E-state index < -0.39 is 0 Å². The fourth-order valence-corrected chi connectivity index (χ4v) is 1.49. The number of carbonyl (C=O) groups excluding carboxylic acids is 1. The van der Waals surface area contributed by atoms with Gasteiger partial charge in [0.15, 0.2) is 0 Å². The number of hydrazone groups is 1.